The van der Waals surface area contributed by atoms with Gasteiger partial charge in [-0.2, -0.15) is 0 Å². The summed E-state index contributed by atoms with van der Waals surface area (Å²) in [6.07, 6.45) is 0. The van der Waals surface area contributed by atoms with Gasteiger partial charge in [0, 0.05) is 12.8 Å². The van der Waals surface area contributed by atoms with Crippen LogP contribution in [0.25, 0.3) is 0 Å². The summed E-state index contributed by atoms with van der Waals surface area (Å²) in [5, 5.41) is 0. The number of pyridine rings is 1. The van der Waals surface area contributed by atoms with Crippen molar-refractivity contribution in [1.29, 1.82) is 0 Å². The van der Waals surface area contributed by atoms with Crippen LogP contribution in [0.4, 0.5) is 0 Å². The molecule has 0 fully saturated rings. The summed E-state index contributed by atoms with van der Waals surface area (Å²) in [5.41, 5.74) is 8.21. The topological polar surface area (TPSA) is 57.4 Å². The number of hydrogen-bond acceptors (Lipinski definition) is 4. The average molecular weight is 240 g/mol. The second-order valence-corrected chi connectivity index (χ2v) is 3.91. The van der Waals surface area contributed by atoms with Crippen molar-refractivity contribution >= 4 is 17.2 Å². The number of rotatable bonds is 5. The zero-order valence-electron chi connectivity index (χ0n) is 9.74. The number of aromatic nitrogens is 1. The molecule has 1 aromatic rings. The smallest absolute Gasteiger partial charge is 0.224 e. The first-order chi connectivity index (χ1) is 7.56. The fraction of sp³-hybridized carbons (Fsp3) is 0.455. The van der Waals surface area contributed by atoms with Crippen molar-refractivity contribution in [3.63, 3.8) is 0 Å². The van der Waals surface area contributed by atoms with Crippen molar-refractivity contribution in [2.45, 2.75) is 13.8 Å². The van der Waals surface area contributed by atoms with Gasteiger partial charge in [0.1, 0.15) is 11.6 Å². The van der Waals surface area contributed by atoms with Crippen LogP contribution in [0.15, 0.2) is 6.07 Å². The predicted octanol–water partition coefficient (Wildman–Crippen LogP) is 1.36. The molecule has 0 saturated heterocycles. The molecule has 0 unspecified atom stereocenters. The Kier molecular flexibility index (Phi) is 4.64. The highest BCUT2D eigenvalue weighted by molar-refractivity contribution is 7.80. The van der Waals surface area contributed by atoms with Gasteiger partial charge in [0.15, 0.2) is 0 Å². The molecule has 0 aliphatic carbocycles. The molecule has 0 radical (unpaired) electrons. The molecular formula is C11H16N2O2S. The van der Waals surface area contributed by atoms with Crippen LogP contribution in [0.1, 0.15) is 16.8 Å². The van der Waals surface area contributed by atoms with Crippen molar-refractivity contribution in [2.75, 3.05) is 20.3 Å². The fourth-order valence-electron chi connectivity index (χ4n) is 1.43. The van der Waals surface area contributed by atoms with Crippen molar-refractivity contribution in [3.8, 4) is 5.88 Å². The van der Waals surface area contributed by atoms with Gasteiger partial charge in [0.05, 0.1) is 12.2 Å². The minimum atomic E-state index is 0.303. The van der Waals surface area contributed by atoms with E-state index >= 15 is 0 Å². The summed E-state index contributed by atoms with van der Waals surface area (Å²) in [7, 11) is 1.62. The van der Waals surface area contributed by atoms with Crippen LogP contribution in [0.5, 0.6) is 5.88 Å². The van der Waals surface area contributed by atoms with Crippen molar-refractivity contribution < 1.29 is 9.47 Å². The maximum absolute atomic E-state index is 5.65. The first-order valence-electron chi connectivity index (χ1n) is 4.96. The van der Waals surface area contributed by atoms with Gasteiger partial charge in [0.2, 0.25) is 5.88 Å². The summed E-state index contributed by atoms with van der Waals surface area (Å²) < 4.78 is 10.4. The minimum Gasteiger partial charge on any atom is -0.475 e. The Bertz CT molecular complexity index is 394. The monoisotopic (exact) mass is 240 g/mol. The van der Waals surface area contributed by atoms with Crippen LogP contribution < -0.4 is 10.5 Å². The Morgan fingerprint density at radius 1 is 1.44 bits per heavy atom. The van der Waals surface area contributed by atoms with Gasteiger partial charge in [-0.05, 0) is 25.5 Å². The lowest BCUT2D eigenvalue weighted by molar-refractivity contribution is 0.143. The lowest BCUT2D eigenvalue weighted by Crippen LogP contribution is -2.16. The lowest BCUT2D eigenvalue weighted by Gasteiger charge is -2.12. The molecule has 5 heteroatoms. The summed E-state index contributed by atoms with van der Waals surface area (Å²) in [4.78, 5) is 4.58. The van der Waals surface area contributed by atoms with Crippen molar-refractivity contribution in [3.05, 3.63) is 22.9 Å². The maximum atomic E-state index is 5.65. The Hall–Kier alpha value is -1.20. The van der Waals surface area contributed by atoms with Crippen LogP contribution in [-0.4, -0.2) is 30.3 Å². The second kappa shape index (κ2) is 5.77. The van der Waals surface area contributed by atoms with Gasteiger partial charge >= 0.3 is 0 Å². The molecule has 0 saturated carbocycles. The molecule has 0 atom stereocenters. The summed E-state index contributed by atoms with van der Waals surface area (Å²) in [6.45, 7) is 4.78. The van der Waals surface area contributed by atoms with E-state index in [1.54, 1.807) is 7.11 Å². The SMILES string of the molecule is COCCOc1nc(C)cc(C)c1C(N)=S. The fourth-order valence-corrected chi connectivity index (χ4v) is 1.68. The van der Waals surface area contributed by atoms with E-state index in [4.69, 9.17) is 27.4 Å². The number of methoxy groups -OCH3 is 1. The quantitative estimate of drug-likeness (QED) is 0.622. The molecule has 1 heterocycles. The van der Waals surface area contributed by atoms with Crippen LogP contribution in [-0.2, 0) is 4.74 Å². The highest BCUT2D eigenvalue weighted by Gasteiger charge is 2.12. The summed E-state index contributed by atoms with van der Waals surface area (Å²) in [5.74, 6) is 0.488. The molecule has 0 amide bonds. The largest absolute Gasteiger partial charge is 0.475 e. The minimum absolute atomic E-state index is 0.303. The van der Waals surface area contributed by atoms with Gasteiger partial charge in [-0.25, -0.2) is 4.98 Å². The van der Waals surface area contributed by atoms with Crippen LogP contribution in [0.2, 0.25) is 0 Å². The van der Waals surface area contributed by atoms with E-state index in [9.17, 15) is 0 Å². The van der Waals surface area contributed by atoms with Gasteiger partial charge in [-0.15, -0.1) is 0 Å². The molecule has 0 aromatic carbocycles. The third kappa shape index (κ3) is 3.15. The maximum Gasteiger partial charge on any atom is 0.224 e. The Balaban J connectivity index is 2.99. The highest BCUT2D eigenvalue weighted by Crippen LogP contribution is 2.20. The zero-order valence-corrected chi connectivity index (χ0v) is 10.6. The highest BCUT2D eigenvalue weighted by atomic mass is 32.1. The zero-order chi connectivity index (χ0) is 12.1. The van der Waals surface area contributed by atoms with Gasteiger partial charge < -0.3 is 15.2 Å². The van der Waals surface area contributed by atoms with Crippen LogP contribution >= 0.6 is 12.2 Å². The molecule has 1 rings (SSSR count). The average Bonchev–Trinajstić information content (AvgIpc) is 2.16. The molecule has 16 heavy (non-hydrogen) atoms. The van der Waals surface area contributed by atoms with Crippen molar-refractivity contribution in [2.24, 2.45) is 5.73 Å². The Morgan fingerprint density at radius 2 is 2.12 bits per heavy atom. The molecule has 0 aliphatic heterocycles. The summed E-state index contributed by atoms with van der Waals surface area (Å²) >= 11 is 4.99. The van der Waals surface area contributed by atoms with E-state index in [1.807, 2.05) is 19.9 Å². The first kappa shape index (κ1) is 12.9. The molecule has 4 nitrogen and oxygen atoms in total. The molecule has 1 aromatic heterocycles. The van der Waals surface area contributed by atoms with E-state index in [-0.39, 0.29) is 0 Å². The van der Waals surface area contributed by atoms with Crippen LogP contribution in [0.3, 0.4) is 0 Å². The second-order valence-electron chi connectivity index (χ2n) is 3.47. The number of hydrogen-bond donors (Lipinski definition) is 1. The van der Waals surface area contributed by atoms with E-state index in [1.165, 1.54) is 0 Å². The van der Waals surface area contributed by atoms with E-state index in [2.05, 4.69) is 4.98 Å². The number of ether oxygens (including phenoxy) is 2. The standard InChI is InChI=1S/C11H16N2O2S/c1-7-6-8(2)13-11(9(7)10(12)16)15-5-4-14-3/h6H,4-5H2,1-3H3,(H2,12,16). The molecule has 0 bridgehead atoms. The number of nitrogens with zero attached hydrogens (tertiary/aromatic N) is 1. The molecule has 0 spiro atoms. The summed E-state index contributed by atoms with van der Waals surface area (Å²) in [6, 6.07) is 1.93. The van der Waals surface area contributed by atoms with Gasteiger partial charge in [-0.3, -0.25) is 0 Å². The lowest BCUT2D eigenvalue weighted by atomic mass is 10.1. The first-order valence-corrected chi connectivity index (χ1v) is 5.37. The Labute approximate surface area is 101 Å². The normalized spacial score (nSPS) is 10.2. The van der Waals surface area contributed by atoms with Crippen LogP contribution in [0, 0.1) is 13.8 Å². The van der Waals surface area contributed by atoms with Crippen molar-refractivity contribution in [1.82, 2.24) is 4.98 Å². The number of aryl methyl sites for hydroxylation is 2. The van der Waals surface area contributed by atoms with E-state index in [0.717, 1.165) is 11.3 Å². The van der Waals surface area contributed by atoms with Gasteiger partial charge in [0.25, 0.3) is 0 Å². The number of nitrogens with two attached hydrogens (primary N) is 1. The van der Waals surface area contributed by atoms with Gasteiger partial charge in [-0.1, -0.05) is 12.2 Å². The van der Waals surface area contributed by atoms with E-state index < -0.39 is 0 Å². The van der Waals surface area contributed by atoms with E-state index in [0.29, 0.717) is 29.6 Å². The Morgan fingerprint density at radius 3 is 2.69 bits per heavy atom. The molecule has 88 valence electrons. The number of thiocarbonyl (C=S) groups is 1. The molecule has 2 N–H and O–H groups in total. The predicted molar refractivity (Wildman–Crippen MR) is 67.0 cm³/mol. The molecular weight excluding hydrogens is 224 g/mol. The third-order valence-electron chi connectivity index (χ3n) is 2.08. The third-order valence-corrected chi connectivity index (χ3v) is 2.29. The molecule has 0 aliphatic rings.